The van der Waals surface area contributed by atoms with Crippen LogP contribution in [0, 0.1) is 13.8 Å². The second-order valence-corrected chi connectivity index (χ2v) is 5.36. The van der Waals surface area contributed by atoms with Crippen molar-refractivity contribution in [2.24, 2.45) is 0 Å². The summed E-state index contributed by atoms with van der Waals surface area (Å²) in [5.41, 5.74) is 1.53. The van der Waals surface area contributed by atoms with Crippen LogP contribution in [0.25, 0.3) is 0 Å². The van der Waals surface area contributed by atoms with Crippen LogP contribution in [0.4, 0.5) is 23.3 Å². The van der Waals surface area contributed by atoms with Gasteiger partial charge < -0.3 is 24.6 Å². The standard InChI is InChI=1S/C17H19N5O3/c1-10-7-15(19-13-9-12(23-3)5-6-14(13)24-4)20-17(18-10)21-16-8-11(2)25-22-16/h5-9H,1-4H3,(H2,18,19,20,21,22). The maximum absolute atomic E-state index is 5.38. The summed E-state index contributed by atoms with van der Waals surface area (Å²) in [5.74, 6) is 3.67. The molecule has 2 N–H and O–H groups in total. The molecule has 0 saturated carbocycles. The summed E-state index contributed by atoms with van der Waals surface area (Å²) in [4.78, 5) is 8.81. The minimum absolute atomic E-state index is 0.415. The molecule has 8 heteroatoms. The molecule has 3 rings (SSSR count). The summed E-state index contributed by atoms with van der Waals surface area (Å²) in [6, 6.07) is 9.09. The highest BCUT2D eigenvalue weighted by Crippen LogP contribution is 2.31. The van der Waals surface area contributed by atoms with Crippen LogP contribution < -0.4 is 20.1 Å². The van der Waals surface area contributed by atoms with E-state index in [1.165, 1.54) is 0 Å². The number of aryl methyl sites for hydroxylation is 2. The average molecular weight is 341 g/mol. The van der Waals surface area contributed by atoms with Crippen LogP contribution in [-0.2, 0) is 0 Å². The van der Waals surface area contributed by atoms with E-state index in [-0.39, 0.29) is 0 Å². The van der Waals surface area contributed by atoms with E-state index < -0.39 is 0 Å². The fraction of sp³-hybridized carbons (Fsp3) is 0.235. The predicted octanol–water partition coefficient (Wildman–Crippen LogP) is 3.59. The molecule has 8 nitrogen and oxygen atoms in total. The Morgan fingerprint density at radius 2 is 1.76 bits per heavy atom. The van der Waals surface area contributed by atoms with Crippen LogP contribution in [0.15, 0.2) is 34.9 Å². The van der Waals surface area contributed by atoms with Gasteiger partial charge in [-0.3, -0.25) is 0 Å². The summed E-state index contributed by atoms with van der Waals surface area (Å²) in [6.45, 7) is 3.70. The van der Waals surface area contributed by atoms with Crippen molar-refractivity contribution in [2.45, 2.75) is 13.8 Å². The van der Waals surface area contributed by atoms with Crippen molar-refractivity contribution in [2.75, 3.05) is 24.9 Å². The number of rotatable bonds is 6. The first-order valence-electron chi connectivity index (χ1n) is 7.62. The van der Waals surface area contributed by atoms with Crippen molar-refractivity contribution in [1.29, 1.82) is 0 Å². The molecular weight excluding hydrogens is 322 g/mol. The molecule has 0 radical (unpaired) electrons. The van der Waals surface area contributed by atoms with Crippen molar-refractivity contribution in [3.05, 3.63) is 41.8 Å². The Bertz CT molecular complexity index is 878. The summed E-state index contributed by atoms with van der Waals surface area (Å²) in [6.07, 6.45) is 0. The Morgan fingerprint density at radius 3 is 2.44 bits per heavy atom. The van der Waals surface area contributed by atoms with Crippen LogP contribution in [-0.4, -0.2) is 29.3 Å². The first-order chi connectivity index (χ1) is 12.1. The molecule has 0 spiro atoms. The van der Waals surface area contributed by atoms with Gasteiger partial charge in [0.05, 0.1) is 19.9 Å². The number of benzene rings is 1. The van der Waals surface area contributed by atoms with E-state index in [4.69, 9.17) is 14.0 Å². The third-order valence-electron chi connectivity index (χ3n) is 3.39. The van der Waals surface area contributed by atoms with Gasteiger partial charge in [0.2, 0.25) is 5.95 Å². The number of hydrogen-bond donors (Lipinski definition) is 2. The van der Waals surface area contributed by atoms with E-state index in [0.717, 1.165) is 11.4 Å². The highest BCUT2D eigenvalue weighted by atomic mass is 16.5. The third kappa shape index (κ3) is 3.97. The zero-order chi connectivity index (χ0) is 17.8. The molecule has 0 saturated heterocycles. The maximum Gasteiger partial charge on any atom is 0.230 e. The molecular formula is C17H19N5O3. The zero-order valence-corrected chi connectivity index (χ0v) is 14.5. The zero-order valence-electron chi connectivity index (χ0n) is 14.5. The lowest BCUT2D eigenvalue weighted by molar-refractivity contribution is 0.400. The highest BCUT2D eigenvalue weighted by molar-refractivity contribution is 5.67. The Labute approximate surface area is 145 Å². The SMILES string of the molecule is COc1ccc(OC)c(Nc2cc(C)nc(Nc3cc(C)on3)n2)c1. The minimum atomic E-state index is 0.415. The highest BCUT2D eigenvalue weighted by Gasteiger charge is 2.09. The van der Waals surface area contributed by atoms with Gasteiger partial charge in [-0.25, -0.2) is 4.98 Å². The largest absolute Gasteiger partial charge is 0.497 e. The molecule has 0 atom stereocenters. The summed E-state index contributed by atoms with van der Waals surface area (Å²) < 4.78 is 15.7. The van der Waals surface area contributed by atoms with E-state index in [1.54, 1.807) is 20.3 Å². The Morgan fingerprint density at radius 1 is 0.920 bits per heavy atom. The topological polar surface area (TPSA) is 94.3 Å². The van der Waals surface area contributed by atoms with E-state index in [1.807, 2.05) is 38.1 Å². The van der Waals surface area contributed by atoms with Gasteiger partial charge in [-0.2, -0.15) is 4.98 Å². The van der Waals surface area contributed by atoms with Crippen molar-refractivity contribution in [1.82, 2.24) is 15.1 Å². The molecule has 1 aromatic carbocycles. The van der Waals surface area contributed by atoms with Crippen LogP contribution in [0.2, 0.25) is 0 Å². The van der Waals surface area contributed by atoms with Crippen molar-refractivity contribution < 1.29 is 14.0 Å². The lowest BCUT2D eigenvalue weighted by Gasteiger charge is -2.13. The maximum atomic E-state index is 5.38. The molecule has 0 aliphatic carbocycles. The second-order valence-electron chi connectivity index (χ2n) is 5.36. The van der Waals surface area contributed by atoms with E-state index in [9.17, 15) is 0 Å². The average Bonchev–Trinajstić information content (AvgIpc) is 2.99. The Hall–Kier alpha value is -3.29. The van der Waals surface area contributed by atoms with Gasteiger partial charge in [-0.15, -0.1) is 0 Å². The van der Waals surface area contributed by atoms with Gasteiger partial charge in [-0.05, 0) is 26.0 Å². The lowest BCUT2D eigenvalue weighted by Crippen LogP contribution is -2.03. The van der Waals surface area contributed by atoms with E-state index >= 15 is 0 Å². The molecule has 25 heavy (non-hydrogen) atoms. The molecule has 0 unspecified atom stereocenters. The monoisotopic (exact) mass is 341 g/mol. The molecule has 0 fully saturated rings. The second kappa shape index (κ2) is 7.08. The summed E-state index contributed by atoms with van der Waals surface area (Å²) in [5, 5.41) is 10.1. The van der Waals surface area contributed by atoms with Gasteiger partial charge >= 0.3 is 0 Å². The molecule has 3 aromatic rings. The fourth-order valence-electron chi connectivity index (χ4n) is 2.28. The number of nitrogens with one attached hydrogen (secondary N) is 2. The van der Waals surface area contributed by atoms with Gasteiger partial charge in [0, 0.05) is 23.9 Å². The molecule has 2 heterocycles. The van der Waals surface area contributed by atoms with Crippen molar-refractivity contribution in [3.63, 3.8) is 0 Å². The van der Waals surface area contributed by atoms with Crippen LogP contribution >= 0.6 is 0 Å². The number of nitrogens with zero attached hydrogens (tertiary/aromatic N) is 3. The van der Waals surface area contributed by atoms with Crippen molar-refractivity contribution >= 4 is 23.3 Å². The minimum Gasteiger partial charge on any atom is -0.497 e. The van der Waals surface area contributed by atoms with Crippen LogP contribution in [0.5, 0.6) is 11.5 Å². The number of anilines is 4. The summed E-state index contributed by atoms with van der Waals surface area (Å²) in [7, 11) is 3.22. The third-order valence-corrected chi connectivity index (χ3v) is 3.39. The Kier molecular flexibility index (Phi) is 4.69. The molecule has 2 aromatic heterocycles. The fourth-order valence-corrected chi connectivity index (χ4v) is 2.28. The van der Waals surface area contributed by atoms with Gasteiger partial charge in [-0.1, -0.05) is 5.16 Å². The smallest absolute Gasteiger partial charge is 0.230 e. The van der Waals surface area contributed by atoms with Gasteiger partial charge in [0.15, 0.2) is 5.82 Å². The van der Waals surface area contributed by atoms with Crippen LogP contribution in [0.1, 0.15) is 11.5 Å². The molecule has 0 amide bonds. The number of methoxy groups -OCH3 is 2. The first kappa shape index (κ1) is 16.6. The predicted molar refractivity (Wildman–Crippen MR) is 94.1 cm³/mol. The first-order valence-corrected chi connectivity index (χ1v) is 7.62. The molecule has 130 valence electrons. The quantitative estimate of drug-likeness (QED) is 0.702. The van der Waals surface area contributed by atoms with Gasteiger partial charge in [0.25, 0.3) is 0 Å². The number of ether oxygens (including phenoxy) is 2. The normalized spacial score (nSPS) is 10.4. The van der Waals surface area contributed by atoms with E-state index in [0.29, 0.717) is 34.8 Å². The molecule has 0 aliphatic heterocycles. The van der Waals surface area contributed by atoms with Gasteiger partial charge in [0.1, 0.15) is 23.1 Å². The van der Waals surface area contributed by atoms with E-state index in [2.05, 4.69) is 25.8 Å². The number of hydrogen-bond acceptors (Lipinski definition) is 8. The van der Waals surface area contributed by atoms with Crippen LogP contribution in [0.3, 0.4) is 0 Å². The molecule has 0 bridgehead atoms. The Balaban J connectivity index is 1.88. The number of aromatic nitrogens is 3. The van der Waals surface area contributed by atoms with Crippen molar-refractivity contribution in [3.8, 4) is 11.5 Å². The lowest BCUT2D eigenvalue weighted by atomic mass is 10.2. The summed E-state index contributed by atoms with van der Waals surface area (Å²) >= 11 is 0. The molecule has 0 aliphatic rings.